The van der Waals surface area contributed by atoms with Crippen molar-refractivity contribution in [2.24, 2.45) is 0 Å². The molecule has 0 saturated carbocycles. The van der Waals surface area contributed by atoms with E-state index in [4.69, 9.17) is 31.4 Å². The summed E-state index contributed by atoms with van der Waals surface area (Å²) in [6.07, 6.45) is 0. The molecular weight excluding hydrogens is 445 g/mol. The minimum absolute atomic E-state index is 0. The molecule has 0 N–H and O–H groups in total. The second-order valence-corrected chi connectivity index (χ2v) is 3.12. The van der Waals surface area contributed by atoms with E-state index in [1.54, 1.807) is 0 Å². The van der Waals surface area contributed by atoms with Gasteiger partial charge in [0.1, 0.15) is 0 Å². The quantitative estimate of drug-likeness (QED) is 0.349. The molecule has 0 unspecified atom stereocenters. The molecule has 0 fully saturated rings. The van der Waals surface area contributed by atoms with Crippen molar-refractivity contribution in [1.82, 2.24) is 0 Å². The molecule has 11 heteroatoms. The summed E-state index contributed by atoms with van der Waals surface area (Å²) in [7, 11) is 0. The Morgan fingerprint density at radius 3 is 0.636 bits per heavy atom. The second kappa shape index (κ2) is 6.23. The molecule has 0 rings (SSSR count). The molecular formula is Mn2O8Pb. The first-order valence-electron chi connectivity index (χ1n) is 1.23. The Kier molecular flexibility index (Phi) is 10.0. The van der Waals surface area contributed by atoms with E-state index in [0.29, 0.717) is 0 Å². The molecule has 2 radical (unpaired) electrons. The predicted octanol–water partition coefficient (Wildman–Crippen LogP) is -3.48. The van der Waals surface area contributed by atoms with Crippen molar-refractivity contribution >= 4 is 27.3 Å². The van der Waals surface area contributed by atoms with Crippen LogP contribution >= 0.6 is 0 Å². The summed E-state index contributed by atoms with van der Waals surface area (Å²) in [6.45, 7) is 0. The van der Waals surface area contributed by atoms with Gasteiger partial charge in [0, 0.05) is 0 Å². The third-order valence-corrected chi connectivity index (χ3v) is 0. The van der Waals surface area contributed by atoms with Crippen LogP contribution in [0.15, 0.2) is 0 Å². The van der Waals surface area contributed by atoms with Crippen molar-refractivity contribution in [3.05, 3.63) is 0 Å². The van der Waals surface area contributed by atoms with Crippen molar-refractivity contribution in [2.45, 2.75) is 0 Å². The molecule has 0 bridgehead atoms. The van der Waals surface area contributed by atoms with Gasteiger partial charge < -0.3 is 0 Å². The van der Waals surface area contributed by atoms with E-state index < -0.39 is 25.9 Å². The van der Waals surface area contributed by atoms with Gasteiger partial charge in [-0.2, -0.15) is 0 Å². The molecule has 0 aliphatic rings. The standard InChI is InChI=1S/2Mn.8O.Pb/q;;;;;;;;2*-1;+2. The minimum atomic E-state index is -5.62. The maximum Gasteiger partial charge on any atom is 2.00 e. The molecule has 0 aromatic rings. The Bertz CT molecular complexity index is 296. The zero-order valence-corrected chi connectivity index (χ0v) is 10.8. The van der Waals surface area contributed by atoms with Crippen LogP contribution in [0, 0.1) is 0 Å². The van der Waals surface area contributed by atoms with E-state index >= 15 is 0 Å². The van der Waals surface area contributed by atoms with Gasteiger partial charge in [-0.25, -0.2) is 0 Å². The Hall–Kier alpha value is 0.681. The van der Waals surface area contributed by atoms with Crippen LogP contribution in [0.25, 0.3) is 0 Å². The molecule has 0 heterocycles. The van der Waals surface area contributed by atoms with Crippen LogP contribution < -0.4 is 8.38 Å². The van der Waals surface area contributed by atoms with E-state index in [1.807, 2.05) is 0 Å². The van der Waals surface area contributed by atoms with E-state index in [-0.39, 0.29) is 27.3 Å². The van der Waals surface area contributed by atoms with E-state index in [0.717, 1.165) is 0 Å². The molecule has 0 aromatic carbocycles. The molecule has 0 aliphatic heterocycles. The van der Waals surface area contributed by atoms with Crippen LogP contribution in [-0.4, -0.2) is 27.3 Å². The van der Waals surface area contributed by atoms with Gasteiger partial charge in [-0.05, 0) is 0 Å². The maximum atomic E-state index is 8.58. The fraction of sp³-hybridized carbons (Fsp3) is 0. The smallest absolute Gasteiger partial charge is 2.00 e. The molecule has 0 aliphatic carbocycles. The second-order valence-electron chi connectivity index (χ2n) is 0.756. The molecule has 66 valence electrons. The van der Waals surface area contributed by atoms with Crippen molar-refractivity contribution in [2.75, 3.05) is 0 Å². The van der Waals surface area contributed by atoms with E-state index in [2.05, 4.69) is 0 Å². The van der Waals surface area contributed by atoms with Crippen molar-refractivity contribution in [1.29, 1.82) is 0 Å². The average Bonchev–Trinajstić information content (AvgIpc) is 1.12. The monoisotopic (exact) mass is 446 g/mol. The zero-order chi connectivity index (χ0) is 9.00. The molecule has 0 amide bonds. The fourth-order valence-corrected chi connectivity index (χ4v) is 0. The van der Waals surface area contributed by atoms with Crippen LogP contribution in [0.5, 0.6) is 0 Å². The summed E-state index contributed by atoms with van der Waals surface area (Å²) < 4.78 is 68.6. The zero-order valence-electron chi connectivity index (χ0n) is 4.52. The van der Waals surface area contributed by atoms with Gasteiger partial charge in [-0.3, -0.25) is 0 Å². The van der Waals surface area contributed by atoms with Gasteiger partial charge in [0.2, 0.25) is 0 Å². The first-order valence-corrected chi connectivity index (χ1v) is 5.09. The minimum Gasteiger partial charge on any atom is 2.00 e. The number of rotatable bonds is 0. The Morgan fingerprint density at radius 1 is 0.636 bits per heavy atom. The van der Waals surface area contributed by atoms with Crippen molar-refractivity contribution in [3.8, 4) is 0 Å². The Balaban J connectivity index is -0.000000107. The van der Waals surface area contributed by atoms with Gasteiger partial charge in [0.25, 0.3) is 0 Å². The maximum absolute atomic E-state index is 8.58. The summed E-state index contributed by atoms with van der Waals surface area (Å²) in [4.78, 5) is 0. The van der Waals surface area contributed by atoms with Gasteiger partial charge in [-0.15, -0.1) is 0 Å². The van der Waals surface area contributed by atoms with Crippen molar-refractivity contribution in [3.63, 3.8) is 0 Å². The molecule has 11 heavy (non-hydrogen) atoms. The van der Waals surface area contributed by atoms with Crippen LogP contribution in [0.3, 0.4) is 0 Å². The van der Waals surface area contributed by atoms with Crippen molar-refractivity contribution < 1.29 is 57.3 Å². The van der Waals surface area contributed by atoms with Crippen LogP contribution in [0.1, 0.15) is 0 Å². The largest absolute Gasteiger partial charge is 2.00 e. The number of hydrogen-bond donors (Lipinski definition) is 0. The van der Waals surface area contributed by atoms with Gasteiger partial charge in [-0.1, -0.05) is 0 Å². The Morgan fingerprint density at radius 2 is 0.636 bits per heavy atom. The van der Waals surface area contributed by atoms with Gasteiger partial charge in [0.15, 0.2) is 0 Å². The average molecular weight is 445 g/mol. The Labute approximate surface area is 84.1 Å². The SMILES string of the molecule is [O]=[Mn](=[O])(=[O])[O-].[O]=[Mn](=[O])(=[O])[O-].[Pb+2]. The van der Waals surface area contributed by atoms with Crippen LogP contribution in [-0.2, 0) is 48.9 Å². The topological polar surface area (TPSA) is 149 Å². The van der Waals surface area contributed by atoms with Crippen LogP contribution in [0.2, 0.25) is 0 Å². The molecule has 0 aromatic heterocycles. The van der Waals surface area contributed by atoms with E-state index in [9.17, 15) is 0 Å². The summed E-state index contributed by atoms with van der Waals surface area (Å²) in [5, 5.41) is 0. The molecule has 0 saturated heterocycles. The summed E-state index contributed by atoms with van der Waals surface area (Å²) in [5.41, 5.74) is 0. The van der Waals surface area contributed by atoms with Crippen LogP contribution in [0.4, 0.5) is 0 Å². The first kappa shape index (κ1) is 17.7. The first-order chi connectivity index (χ1) is 4.00. The van der Waals surface area contributed by atoms with Gasteiger partial charge >= 0.3 is 84.6 Å². The summed E-state index contributed by atoms with van der Waals surface area (Å²) in [6, 6.07) is 0. The third-order valence-electron chi connectivity index (χ3n) is 0. The normalized spacial score (nSPS) is 10.4. The fourth-order valence-electron chi connectivity index (χ4n) is 0. The molecule has 0 spiro atoms. The predicted molar refractivity (Wildman–Crippen MR) is 9.87 cm³/mol. The van der Waals surface area contributed by atoms with Gasteiger partial charge in [0.05, 0.1) is 0 Å². The summed E-state index contributed by atoms with van der Waals surface area (Å²) in [5.74, 6) is 0. The third kappa shape index (κ3) is 1740. The molecule has 8 nitrogen and oxygen atoms in total. The summed E-state index contributed by atoms with van der Waals surface area (Å²) >= 11 is -11.2. The number of hydrogen-bond acceptors (Lipinski definition) is 8. The van der Waals surface area contributed by atoms with E-state index in [1.165, 1.54) is 0 Å². The molecule has 0 atom stereocenters.